The van der Waals surface area contributed by atoms with Gasteiger partial charge in [0.2, 0.25) is 0 Å². The number of carbonyl (C=O) groups is 1. The minimum atomic E-state index is -3.11. The molecule has 17 heavy (non-hydrogen) atoms. The zero-order valence-corrected chi connectivity index (χ0v) is 10.6. The fraction of sp³-hybridized carbons (Fsp3) is 0.636. The minimum Gasteiger partial charge on any atom is -0.298 e. The molecule has 1 fully saturated rings. The first kappa shape index (κ1) is 12.6. The number of aldehydes is 1. The van der Waals surface area contributed by atoms with Crippen LogP contribution < -0.4 is 0 Å². The number of carbonyl (C=O) groups excluding carboxylic acids is 1. The van der Waals surface area contributed by atoms with Gasteiger partial charge in [-0.05, 0) is 12.8 Å². The highest BCUT2D eigenvalue weighted by atomic mass is 31.0. The average Bonchev–Trinajstić information content (AvgIpc) is 2.73. The molecule has 1 heterocycles. The van der Waals surface area contributed by atoms with Crippen LogP contribution in [0.2, 0.25) is 0 Å². The Hall–Kier alpha value is -0.830. The molecule has 0 N–H and O–H groups in total. The number of alkyl halides is 2. The number of hydrogen-bond acceptors (Lipinski definition) is 2. The molecular formula is C11H15F2N2OP. The van der Waals surface area contributed by atoms with Crippen LogP contribution in [0.5, 0.6) is 0 Å². The molecule has 1 unspecified atom stereocenters. The number of nitrogens with zero attached hydrogens (tertiary/aromatic N) is 2. The zero-order valence-electron chi connectivity index (χ0n) is 9.40. The molecule has 1 aliphatic rings. The fourth-order valence-corrected chi connectivity index (χ4v) is 2.71. The van der Waals surface area contributed by atoms with Crippen molar-refractivity contribution < 1.29 is 13.6 Å². The Morgan fingerprint density at radius 3 is 2.59 bits per heavy atom. The van der Waals surface area contributed by atoms with Gasteiger partial charge in [0.05, 0.1) is 17.8 Å². The summed E-state index contributed by atoms with van der Waals surface area (Å²) in [5, 5.41) is 3.97. The predicted molar refractivity (Wildman–Crippen MR) is 63.3 cm³/mol. The molecule has 0 bridgehead atoms. The molecule has 1 atom stereocenters. The Labute approximate surface area is 101 Å². The molecule has 1 saturated carbocycles. The summed E-state index contributed by atoms with van der Waals surface area (Å²) in [5.74, 6) is 0. The maximum atomic E-state index is 13.5. The summed E-state index contributed by atoms with van der Waals surface area (Å²) >= 11 is 0. The van der Waals surface area contributed by atoms with Crippen LogP contribution in [0.25, 0.3) is 0 Å². The number of halogens is 2. The first-order valence-corrected chi connectivity index (χ1v) is 6.31. The molecule has 1 aromatic heterocycles. The van der Waals surface area contributed by atoms with E-state index in [1.807, 2.05) is 0 Å². The van der Waals surface area contributed by atoms with Crippen molar-refractivity contribution in [3.05, 3.63) is 17.5 Å². The standard InChI is InChI=1S/C11H15F2N2OP/c12-11(13,17)10-8(7-16)6-14-15(10)9-4-2-1-3-5-9/h6-7,9H,1-5,17H2. The first-order valence-electron chi connectivity index (χ1n) is 5.74. The van der Waals surface area contributed by atoms with Gasteiger partial charge in [-0.3, -0.25) is 9.48 Å². The Morgan fingerprint density at radius 1 is 1.41 bits per heavy atom. The third-order valence-corrected chi connectivity index (χ3v) is 3.46. The van der Waals surface area contributed by atoms with Crippen molar-refractivity contribution in [3.8, 4) is 0 Å². The van der Waals surface area contributed by atoms with E-state index in [9.17, 15) is 13.6 Å². The fourth-order valence-electron chi connectivity index (χ4n) is 2.41. The van der Waals surface area contributed by atoms with Gasteiger partial charge in [-0.1, -0.05) is 28.5 Å². The summed E-state index contributed by atoms with van der Waals surface area (Å²) < 4.78 is 28.3. The average molecular weight is 260 g/mol. The maximum absolute atomic E-state index is 13.5. The third-order valence-electron chi connectivity index (χ3n) is 3.19. The maximum Gasteiger partial charge on any atom is 0.300 e. The number of aromatic nitrogens is 2. The van der Waals surface area contributed by atoms with E-state index in [2.05, 4.69) is 5.10 Å². The second-order valence-corrected chi connectivity index (χ2v) is 5.15. The van der Waals surface area contributed by atoms with Crippen LogP contribution in [0.1, 0.15) is 54.2 Å². The lowest BCUT2D eigenvalue weighted by molar-refractivity contribution is 0.0852. The number of rotatable bonds is 3. The molecule has 6 heteroatoms. The van der Waals surface area contributed by atoms with Gasteiger partial charge in [-0.15, -0.1) is 0 Å². The molecule has 94 valence electrons. The minimum absolute atomic E-state index is 0.00104. The largest absolute Gasteiger partial charge is 0.300 e. The van der Waals surface area contributed by atoms with Crippen LogP contribution in [0.3, 0.4) is 0 Å². The summed E-state index contributed by atoms with van der Waals surface area (Å²) in [5.41, 5.74) is -3.40. The second kappa shape index (κ2) is 4.81. The zero-order chi connectivity index (χ0) is 12.5. The molecule has 1 aromatic rings. The highest BCUT2D eigenvalue weighted by molar-refractivity contribution is 7.17. The van der Waals surface area contributed by atoms with Crippen molar-refractivity contribution in [3.63, 3.8) is 0 Å². The van der Waals surface area contributed by atoms with E-state index in [-0.39, 0.29) is 17.3 Å². The van der Waals surface area contributed by atoms with E-state index < -0.39 is 5.66 Å². The molecule has 0 aliphatic heterocycles. The van der Waals surface area contributed by atoms with Crippen LogP contribution >= 0.6 is 9.24 Å². The topological polar surface area (TPSA) is 34.9 Å². The Balaban J connectivity index is 2.39. The van der Waals surface area contributed by atoms with Crippen LogP contribution in [-0.4, -0.2) is 16.1 Å². The summed E-state index contributed by atoms with van der Waals surface area (Å²) in [4.78, 5) is 10.8. The van der Waals surface area contributed by atoms with Gasteiger partial charge in [0, 0.05) is 0 Å². The van der Waals surface area contributed by atoms with E-state index in [0.717, 1.165) is 32.1 Å². The molecule has 0 spiro atoms. The molecule has 0 amide bonds. The molecule has 0 aromatic carbocycles. The van der Waals surface area contributed by atoms with Crippen molar-refractivity contribution in [2.24, 2.45) is 0 Å². The lowest BCUT2D eigenvalue weighted by Crippen LogP contribution is -2.21. The van der Waals surface area contributed by atoms with E-state index in [4.69, 9.17) is 0 Å². The Morgan fingerprint density at radius 2 is 2.06 bits per heavy atom. The lowest BCUT2D eigenvalue weighted by Gasteiger charge is -2.25. The smallest absolute Gasteiger partial charge is 0.298 e. The summed E-state index contributed by atoms with van der Waals surface area (Å²) in [6.45, 7) is 0. The third kappa shape index (κ3) is 2.54. The molecule has 1 aliphatic carbocycles. The number of hydrogen-bond donors (Lipinski definition) is 0. The van der Waals surface area contributed by atoms with Gasteiger partial charge in [0.1, 0.15) is 5.69 Å². The lowest BCUT2D eigenvalue weighted by atomic mass is 9.95. The van der Waals surface area contributed by atoms with E-state index in [1.165, 1.54) is 20.1 Å². The SMILES string of the molecule is O=Cc1cnn(C2CCCCC2)c1C(F)(F)P. The van der Waals surface area contributed by atoms with Crippen LogP contribution in [0.15, 0.2) is 6.20 Å². The van der Waals surface area contributed by atoms with E-state index in [0.29, 0.717) is 6.29 Å². The normalized spacial score (nSPS) is 18.3. The van der Waals surface area contributed by atoms with Crippen molar-refractivity contribution in [1.82, 2.24) is 9.78 Å². The molecule has 3 nitrogen and oxygen atoms in total. The van der Waals surface area contributed by atoms with Gasteiger partial charge in [0.15, 0.2) is 6.29 Å². The summed E-state index contributed by atoms with van der Waals surface area (Å²) in [6, 6.07) is -0.00104. The van der Waals surface area contributed by atoms with Gasteiger partial charge in [-0.25, -0.2) is 0 Å². The van der Waals surface area contributed by atoms with Crippen LogP contribution in [0, 0.1) is 0 Å². The molecule has 0 saturated heterocycles. The second-order valence-electron chi connectivity index (χ2n) is 4.43. The van der Waals surface area contributed by atoms with Crippen LogP contribution in [0.4, 0.5) is 8.78 Å². The van der Waals surface area contributed by atoms with Gasteiger partial charge in [0.25, 0.3) is 0 Å². The van der Waals surface area contributed by atoms with Crippen molar-refractivity contribution >= 4 is 15.5 Å². The van der Waals surface area contributed by atoms with Crippen LogP contribution in [-0.2, 0) is 5.66 Å². The molecule has 2 rings (SSSR count). The van der Waals surface area contributed by atoms with E-state index in [1.54, 1.807) is 0 Å². The monoisotopic (exact) mass is 260 g/mol. The highest BCUT2D eigenvalue weighted by Gasteiger charge is 2.35. The Kier molecular flexibility index (Phi) is 3.57. The van der Waals surface area contributed by atoms with Crippen molar-refractivity contribution in [1.29, 1.82) is 0 Å². The van der Waals surface area contributed by atoms with Gasteiger partial charge < -0.3 is 0 Å². The quantitative estimate of drug-likeness (QED) is 0.618. The molecule has 0 radical (unpaired) electrons. The highest BCUT2D eigenvalue weighted by Crippen LogP contribution is 2.39. The van der Waals surface area contributed by atoms with Crippen molar-refractivity contribution in [2.45, 2.75) is 43.8 Å². The van der Waals surface area contributed by atoms with Crippen molar-refractivity contribution in [2.75, 3.05) is 0 Å². The summed E-state index contributed by atoms with van der Waals surface area (Å²) in [6.07, 6.45) is 6.59. The Bertz CT molecular complexity index is 408. The van der Waals surface area contributed by atoms with Gasteiger partial charge in [-0.2, -0.15) is 13.9 Å². The summed E-state index contributed by atoms with van der Waals surface area (Å²) in [7, 11) is 1.49. The molecular weight excluding hydrogens is 245 g/mol. The van der Waals surface area contributed by atoms with Gasteiger partial charge >= 0.3 is 5.66 Å². The first-order chi connectivity index (χ1) is 8.04. The predicted octanol–water partition coefficient (Wildman–Crippen LogP) is 3.13. The van der Waals surface area contributed by atoms with E-state index >= 15 is 0 Å².